The fourth-order valence-electron chi connectivity index (χ4n) is 3.42. The van der Waals surface area contributed by atoms with Crippen LogP contribution in [0.2, 0.25) is 0 Å². The van der Waals surface area contributed by atoms with Crippen LogP contribution in [0.4, 0.5) is 0 Å². The Balaban J connectivity index is 1.43. The van der Waals surface area contributed by atoms with E-state index in [2.05, 4.69) is 77.8 Å². The lowest BCUT2D eigenvalue weighted by Crippen LogP contribution is -1.88. The van der Waals surface area contributed by atoms with Crippen LogP contribution in [-0.4, -0.2) is 9.97 Å². The van der Waals surface area contributed by atoms with Crippen molar-refractivity contribution in [2.45, 2.75) is 0 Å². The molecule has 0 bridgehead atoms. The predicted molar refractivity (Wildman–Crippen MR) is 116 cm³/mol. The van der Waals surface area contributed by atoms with Gasteiger partial charge in [-0.2, -0.15) is 0 Å². The quantitative estimate of drug-likeness (QED) is 0.362. The molecule has 0 fully saturated rings. The highest BCUT2D eigenvalue weighted by Crippen LogP contribution is 2.27. The fraction of sp³-hybridized carbons (Fsp3) is 0. The molecule has 0 aliphatic heterocycles. The van der Waals surface area contributed by atoms with Crippen LogP contribution in [0.25, 0.3) is 44.5 Å². The van der Waals surface area contributed by atoms with Crippen LogP contribution in [-0.2, 0) is 0 Å². The highest BCUT2D eigenvalue weighted by molar-refractivity contribution is 5.78. The summed E-state index contributed by atoms with van der Waals surface area (Å²) in [4.78, 5) is 9.24. The lowest BCUT2D eigenvalue weighted by atomic mass is 9.99. The van der Waals surface area contributed by atoms with Gasteiger partial charge in [0.15, 0.2) is 0 Å². The second kappa shape index (κ2) is 7.09. The van der Waals surface area contributed by atoms with Gasteiger partial charge in [-0.25, -0.2) is 4.98 Å². The van der Waals surface area contributed by atoms with E-state index in [1.165, 1.54) is 22.3 Å². The molecule has 4 aromatic carbocycles. The first kappa shape index (κ1) is 16.4. The average Bonchev–Trinajstić information content (AvgIpc) is 2.80. The molecule has 0 aliphatic rings. The molecule has 132 valence electrons. The third kappa shape index (κ3) is 3.17. The molecular weight excluding hydrogens is 340 g/mol. The lowest BCUT2D eigenvalue weighted by Gasteiger charge is -2.07. The molecule has 5 aromatic rings. The van der Waals surface area contributed by atoms with Crippen LogP contribution < -0.4 is 0 Å². The molecule has 0 unspecified atom stereocenters. The second-order valence-electron chi connectivity index (χ2n) is 6.76. The van der Waals surface area contributed by atoms with Crippen molar-refractivity contribution in [3.05, 3.63) is 109 Å². The Morgan fingerprint density at radius 2 is 0.857 bits per heavy atom. The molecular formula is C26H18N2. The number of nitrogens with zero attached hydrogens (tertiary/aromatic N) is 2. The van der Waals surface area contributed by atoms with E-state index in [4.69, 9.17) is 4.98 Å². The van der Waals surface area contributed by atoms with E-state index < -0.39 is 0 Å². The molecule has 5 rings (SSSR count). The van der Waals surface area contributed by atoms with Gasteiger partial charge >= 0.3 is 0 Å². The van der Waals surface area contributed by atoms with Crippen LogP contribution in [0.1, 0.15) is 0 Å². The Hall–Kier alpha value is -3.78. The van der Waals surface area contributed by atoms with Crippen molar-refractivity contribution in [1.29, 1.82) is 0 Å². The van der Waals surface area contributed by atoms with Gasteiger partial charge in [0.2, 0.25) is 0 Å². The van der Waals surface area contributed by atoms with Gasteiger partial charge in [-0.15, -0.1) is 0 Å². The van der Waals surface area contributed by atoms with Crippen molar-refractivity contribution in [1.82, 2.24) is 9.97 Å². The van der Waals surface area contributed by atoms with E-state index in [-0.39, 0.29) is 0 Å². The standard InChI is InChI=1S/C26H18N2/c1-2-6-19(7-3-1)20-10-12-21(13-11-20)22-14-16-23(17-15-22)26-18-27-24-8-4-5-9-25(24)28-26/h1-18H. The van der Waals surface area contributed by atoms with Gasteiger partial charge in [0.1, 0.15) is 0 Å². The van der Waals surface area contributed by atoms with Crippen LogP contribution in [0.15, 0.2) is 109 Å². The van der Waals surface area contributed by atoms with Crippen LogP contribution >= 0.6 is 0 Å². The molecule has 28 heavy (non-hydrogen) atoms. The fourth-order valence-corrected chi connectivity index (χ4v) is 3.42. The normalized spacial score (nSPS) is 10.9. The molecule has 0 N–H and O–H groups in total. The van der Waals surface area contributed by atoms with Crippen LogP contribution in [0.3, 0.4) is 0 Å². The van der Waals surface area contributed by atoms with Gasteiger partial charge in [0.05, 0.1) is 22.9 Å². The van der Waals surface area contributed by atoms with Crippen LogP contribution in [0, 0.1) is 0 Å². The summed E-state index contributed by atoms with van der Waals surface area (Å²) in [6.45, 7) is 0. The maximum atomic E-state index is 4.73. The molecule has 2 nitrogen and oxygen atoms in total. The first-order valence-electron chi connectivity index (χ1n) is 9.35. The van der Waals surface area contributed by atoms with E-state index in [0.717, 1.165) is 22.3 Å². The smallest absolute Gasteiger partial charge is 0.0894 e. The predicted octanol–water partition coefficient (Wildman–Crippen LogP) is 6.63. The van der Waals surface area contributed by atoms with E-state index in [1.807, 2.05) is 36.5 Å². The number of para-hydroxylation sites is 2. The van der Waals surface area contributed by atoms with E-state index in [1.54, 1.807) is 0 Å². The van der Waals surface area contributed by atoms with Gasteiger partial charge in [0.25, 0.3) is 0 Å². The molecule has 0 atom stereocenters. The average molecular weight is 358 g/mol. The monoisotopic (exact) mass is 358 g/mol. The minimum Gasteiger partial charge on any atom is -0.252 e. The number of aromatic nitrogens is 2. The Kier molecular flexibility index (Phi) is 4.15. The summed E-state index contributed by atoms with van der Waals surface area (Å²) in [5, 5.41) is 0. The first-order valence-corrected chi connectivity index (χ1v) is 9.35. The number of benzene rings is 4. The summed E-state index contributed by atoms with van der Waals surface area (Å²) in [5.41, 5.74) is 8.66. The maximum Gasteiger partial charge on any atom is 0.0894 e. The molecule has 1 aromatic heterocycles. The van der Waals surface area contributed by atoms with Crippen molar-refractivity contribution < 1.29 is 0 Å². The van der Waals surface area contributed by atoms with Crippen molar-refractivity contribution in [2.24, 2.45) is 0 Å². The zero-order valence-corrected chi connectivity index (χ0v) is 15.3. The third-order valence-electron chi connectivity index (χ3n) is 4.95. The Labute approximate surface area is 164 Å². The highest BCUT2D eigenvalue weighted by Gasteiger charge is 2.04. The second-order valence-corrected chi connectivity index (χ2v) is 6.76. The van der Waals surface area contributed by atoms with Gasteiger partial charge in [-0.3, -0.25) is 4.98 Å². The molecule has 0 amide bonds. The lowest BCUT2D eigenvalue weighted by molar-refractivity contribution is 1.29. The van der Waals surface area contributed by atoms with E-state index in [0.29, 0.717) is 0 Å². The number of hydrogen-bond donors (Lipinski definition) is 0. The zero-order chi connectivity index (χ0) is 18.8. The molecule has 2 heteroatoms. The summed E-state index contributed by atoms with van der Waals surface area (Å²) in [6, 6.07) is 35.6. The molecule has 0 saturated heterocycles. The Bertz CT molecular complexity index is 1230. The van der Waals surface area contributed by atoms with E-state index >= 15 is 0 Å². The van der Waals surface area contributed by atoms with Gasteiger partial charge in [-0.1, -0.05) is 91.0 Å². The van der Waals surface area contributed by atoms with Crippen molar-refractivity contribution in [3.8, 4) is 33.5 Å². The molecule has 0 spiro atoms. The Morgan fingerprint density at radius 1 is 0.393 bits per heavy atom. The topological polar surface area (TPSA) is 25.8 Å². The SMILES string of the molecule is c1ccc(-c2ccc(-c3ccc(-c4cnc5ccccc5n4)cc3)cc2)cc1. The Morgan fingerprint density at radius 3 is 1.46 bits per heavy atom. The minimum atomic E-state index is 0.893. The largest absolute Gasteiger partial charge is 0.252 e. The molecule has 0 saturated carbocycles. The number of rotatable bonds is 3. The zero-order valence-electron chi connectivity index (χ0n) is 15.3. The maximum absolute atomic E-state index is 4.73. The summed E-state index contributed by atoms with van der Waals surface area (Å²) in [6.07, 6.45) is 1.84. The van der Waals surface area contributed by atoms with E-state index in [9.17, 15) is 0 Å². The van der Waals surface area contributed by atoms with Crippen molar-refractivity contribution in [3.63, 3.8) is 0 Å². The molecule has 0 aliphatic carbocycles. The molecule has 0 radical (unpaired) electrons. The summed E-state index contributed by atoms with van der Waals surface area (Å²) in [5.74, 6) is 0. The molecule has 1 heterocycles. The minimum absolute atomic E-state index is 0.893. The summed E-state index contributed by atoms with van der Waals surface area (Å²) < 4.78 is 0. The third-order valence-corrected chi connectivity index (χ3v) is 4.95. The number of hydrogen-bond acceptors (Lipinski definition) is 2. The summed E-state index contributed by atoms with van der Waals surface area (Å²) in [7, 11) is 0. The van der Waals surface area contributed by atoms with Crippen LogP contribution in [0.5, 0.6) is 0 Å². The first-order chi connectivity index (χ1) is 13.9. The van der Waals surface area contributed by atoms with Gasteiger partial charge in [-0.05, 0) is 34.4 Å². The van der Waals surface area contributed by atoms with Crippen molar-refractivity contribution in [2.75, 3.05) is 0 Å². The number of fused-ring (bicyclic) bond motifs is 1. The summed E-state index contributed by atoms with van der Waals surface area (Å²) >= 11 is 0. The van der Waals surface area contributed by atoms with Crippen molar-refractivity contribution >= 4 is 11.0 Å². The van der Waals surface area contributed by atoms with Gasteiger partial charge < -0.3 is 0 Å². The van der Waals surface area contributed by atoms with Gasteiger partial charge in [0, 0.05) is 5.56 Å². The highest BCUT2D eigenvalue weighted by atomic mass is 14.8.